The van der Waals surface area contributed by atoms with Crippen LogP contribution >= 0.6 is 15.9 Å². The second kappa shape index (κ2) is 6.07. The Kier molecular flexibility index (Phi) is 4.44. The van der Waals surface area contributed by atoms with Crippen LogP contribution in [0.25, 0.3) is 0 Å². The van der Waals surface area contributed by atoms with Gasteiger partial charge in [-0.1, -0.05) is 6.07 Å². The molecule has 18 heavy (non-hydrogen) atoms. The van der Waals surface area contributed by atoms with E-state index in [9.17, 15) is 0 Å². The standard InChI is InChI=1S/C14H16BrNO2/c1-10(16-9-12-4-3-7-18-12)11-5-6-14(17-2)13(15)8-11/h3-8,10,16H,9H2,1-2H3. The quantitative estimate of drug-likeness (QED) is 0.909. The van der Waals surface area contributed by atoms with Crippen molar-refractivity contribution >= 4 is 15.9 Å². The van der Waals surface area contributed by atoms with E-state index in [0.717, 1.165) is 22.5 Å². The first-order chi connectivity index (χ1) is 8.70. The number of halogens is 1. The Bertz CT molecular complexity index is 497. The summed E-state index contributed by atoms with van der Waals surface area (Å²) in [7, 11) is 1.67. The smallest absolute Gasteiger partial charge is 0.133 e. The van der Waals surface area contributed by atoms with E-state index in [1.807, 2.05) is 18.2 Å². The first kappa shape index (κ1) is 13.2. The first-order valence-corrected chi connectivity index (χ1v) is 6.59. The van der Waals surface area contributed by atoms with Gasteiger partial charge >= 0.3 is 0 Å². The van der Waals surface area contributed by atoms with Gasteiger partial charge in [-0.05, 0) is 52.7 Å². The summed E-state index contributed by atoms with van der Waals surface area (Å²) in [4.78, 5) is 0. The number of hydrogen-bond donors (Lipinski definition) is 1. The highest BCUT2D eigenvalue weighted by Gasteiger charge is 2.08. The summed E-state index contributed by atoms with van der Waals surface area (Å²) in [6.45, 7) is 2.84. The Hall–Kier alpha value is -1.26. The van der Waals surface area contributed by atoms with Crippen LogP contribution in [0.1, 0.15) is 24.3 Å². The molecule has 0 radical (unpaired) electrons. The van der Waals surface area contributed by atoms with E-state index in [-0.39, 0.29) is 6.04 Å². The molecule has 0 saturated heterocycles. The average molecular weight is 310 g/mol. The van der Waals surface area contributed by atoms with Gasteiger partial charge in [0.1, 0.15) is 11.5 Å². The van der Waals surface area contributed by atoms with Gasteiger partial charge in [-0.2, -0.15) is 0 Å². The predicted octanol–water partition coefficient (Wildman–Crippen LogP) is 3.90. The molecule has 1 aromatic heterocycles. The summed E-state index contributed by atoms with van der Waals surface area (Å²) < 4.78 is 11.5. The molecular formula is C14H16BrNO2. The minimum Gasteiger partial charge on any atom is -0.496 e. The SMILES string of the molecule is COc1ccc(C(C)NCc2ccco2)cc1Br. The molecule has 1 unspecified atom stereocenters. The molecule has 0 saturated carbocycles. The summed E-state index contributed by atoms with van der Waals surface area (Å²) in [5.41, 5.74) is 1.20. The molecule has 1 aromatic carbocycles. The summed E-state index contributed by atoms with van der Waals surface area (Å²) >= 11 is 3.49. The van der Waals surface area contributed by atoms with Gasteiger partial charge < -0.3 is 14.5 Å². The fraction of sp³-hybridized carbons (Fsp3) is 0.286. The molecule has 3 nitrogen and oxygen atoms in total. The lowest BCUT2D eigenvalue weighted by Gasteiger charge is -2.14. The van der Waals surface area contributed by atoms with Crippen LogP contribution in [0.15, 0.2) is 45.5 Å². The first-order valence-electron chi connectivity index (χ1n) is 5.80. The van der Waals surface area contributed by atoms with Gasteiger partial charge in [0, 0.05) is 6.04 Å². The third kappa shape index (κ3) is 3.15. The molecule has 0 spiro atoms. The van der Waals surface area contributed by atoms with E-state index in [4.69, 9.17) is 9.15 Å². The molecule has 4 heteroatoms. The molecule has 1 heterocycles. The molecule has 0 aliphatic rings. The van der Waals surface area contributed by atoms with Crippen molar-refractivity contribution in [3.05, 3.63) is 52.4 Å². The minimum atomic E-state index is 0.248. The fourth-order valence-electron chi connectivity index (χ4n) is 1.74. The third-order valence-electron chi connectivity index (χ3n) is 2.84. The van der Waals surface area contributed by atoms with Crippen molar-refractivity contribution in [2.45, 2.75) is 19.5 Å². The van der Waals surface area contributed by atoms with Crippen molar-refractivity contribution in [1.82, 2.24) is 5.32 Å². The third-order valence-corrected chi connectivity index (χ3v) is 3.46. The van der Waals surface area contributed by atoms with Crippen LogP contribution in [0.4, 0.5) is 0 Å². The van der Waals surface area contributed by atoms with Gasteiger partial charge in [0.2, 0.25) is 0 Å². The molecule has 1 N–H and O–H groups in total. The molecule has 0 aliphatic heterocycles. The van der Waals surface area contributed by atoms with Crippen molar-refractivity contribution < 1.29 is 9.15 Å². The Morgan fingerprint density at radius 1 is 1.39 bits per heavy atom. The van der Waals surface area contributed by atoms with Crippen LogP contribution in [0.3, 0.4) is 0 Å². The summed E-state index contributed by atoms with van der Waals surface area (Å²) in [5.74, 6) is 1.78. The Labute approximate surface area is 115 Å². The van der Waals surface area contributed by atoms with E-state index in [1.165, 1.54) is 5.56 Å². The fourth-order valence-corrected chi connectivity index (χ4v) is 2.30. The Morgan fingerprint density at radius 2 is 2.22 bits per heavy atom. The number of hydrogen-bond acceptors (Lipinski definition) is 3. The number of rotatable bonds is 5. The van der Waals surface area contributed by atoms with Crippen LogP contribution in [-0.2, 0) is 6.54 Å². The second-order valence-corrected chi connectivity index (χ2v) is 4.93. The number of benzene rings is 1. The second-order valence-electron chi connectivity index (χ2n) is 4.08. The zero-order valence-electron chi connectivity index (χ0n) is 10.4. The molecule has 2 rings (SSSR count). The molecular weight excluding hydrogens is 294 g/mol. The molecule has 0 aliphatic carbocycles. The van der Waals surface area contributed by atoms with Crippen molar-refractivity contribution in [2.75, 3.05) is 7.11 Å². The summed E-state index contributed by atoms with van der Waals surface area (Å²) in [6.07, 6.45) is 1.69. The molecule has 0 bridgehead atoms. The maximum Gasteiger partial charge on any atom is 0.133 e. The van der Waals surface area contributed by atoms with Crippen LogP contribution in [-0.4, -0.2) is 7.11 Å². The molecule has 0 amide bonds. The van der Waals surface area contributed by atoms with Gasteiger partial charge in [0.05, 0.1) is 24.4 Å². The number of methoxy groups -OCH3 is 1. The van der Waals surface area contributed by atoms with E-state index in [2.05, 4.69) is 40.3 Å². The highest BCUT2D eigenvalue weighted by Crippen LogP contribution is 2.28. The van der Waals surface area contributed by atoms with Gasteiger partial charge in [0.25, 0.3) is 0 Å². The maximum atomic E-state index is 5.29. The monoisotopic (exact) mass is 309 g/mol. The highest BCUT2D eigenvalue weighted by molar-refractivity contribution is 9.10. The largest absolute Gasteiger partial charge is 0.496 e. The van der Waals surface area contributed by atoms with Gasteiger partial charge in [-0.3, -0.25) is 0 Å². The van der Waals surface area contributed by atoms with Crippen LogP contribution in [0.5, 0.6) is 5.75 Å². The number of ether oxygens (including phenoxy) is 1. The zero-order chi connectivity index (χ0) is 13.0. The average Bonchev–Trinajstić information content (AvgIpc) is 2.89. The molecule has 96 valence electrons. The predicted molar refractivity (Wildman–Crippen MR) is 74.7 cm³/mol. The van der Waals surface area contributed by atoms with E-state index in [0.29, 0.717) is 0 Å². The lowest BCUT2D eigenvalue weighted by molar-refractivity contribution is 0.411. The van der Waals surface area contributed by atoms with Gasteiger partial charge in [-0.15, -0.1) is 0 Å². The highest BCUT2D eigenvalue weighted by atomic mass is 79.9. The number of furan rings is 1. The van der Waals surface area contributed by atoms with Crippen molar-refractivity contribution in [1.29, 1.82) is 0 Å². The van der Waals surface area contributed by atoms with Gasteiger partial charge in [0.15, 0.2) is 0 Å². The van der Waals surface area contributed by atoms with Gasteiger partial charge in [-0.25, -0.2) is 0 Å². The normalized spacial score (nSPS) is 12.4. The van der Waals surface area contributed by atoms with Crippen LogP contribution in [0.2, 0.25) is 0 Å². The molecule has 0 fully saturated rings. The molecule has 1 atom stereocenters. The van der Waals surface area contributed by atoms with E-state index >= 15 is 0 Å². The lowest BCUT2D eigenvalue weighted by atomic mass is 10.1. The van der Waals surface area contributed by atoms with Crippen molar-refractivity contribution in [2.24, 2.45) is 0 Å². The van der Waals surface area contributed by atoms with Crippen LogP contribution < -0.4 is 10.1 Å². The molecule has 2 aromatic rings. The minimum absolute atomic E-state index is 0.248. The Morgan fingerprint density at radius 3 is 2.83 bits per heavy atom. The van der Waals surface area contributed by atoms with Crippen LogP contribution in [0, 0.1) is 0 Å². The number of nitrogens with one attached hydrogen (secondary N) is 1. The lowest BCUT2D eigenvalue weighted by Crippen LogP contribution is -2.17. The zero-order valence-corrected chi connectivity index (χ0v) is 12.0. The van der Waals surface area contributed by atoms with Crippen molar-refractivity contribution in [3.63, 3.8) is 0 Å². The summed E-state index contributed by atoms with van der Waals surface area (Å²) in [5, 5.41) is 3.41. The van der Waals surface area contributed by atoms with E-state index in [1.54, 1.807) is 13.4 Å². The van der Waals surface area contributed by atoms with E-state index < -0.39 is 0 Å². The topological polar surface area (TPSA) is 34.4 Å². The van der Waals surface area contributed by atoms with Crippen molar-refractivity contribution in [3.8, 4) is 5.75 Å². The maximum absolute atomic E-state index is 5.29. The Balaban J connectivity index is 2.00. The summed E-state index contributed by atoms with van der Waals surface area (Å²) in [6, 6.07) is 10.2.